The fourth-order valence-electron chi connectivity index (χ4n) is 2.97. The van der Waals surface area contributed by atoms with E-state index in [0.717, 1.165) is 39.3 Å². The Morgan fingerprint density at radius 3 is 2.18 bits per heavy atom. The third kappa shape index (κ3) is 7.75. The molecule has 0 aromatic rings. The van der Waals surface area contributed by atoms with E-state index >= 15 is 0 Å². The molecule has 128 valence electrons. The normalized spacial score (nSPS) is 17.1. The summed E-state index contributed by atoms with van der Waals surface area (Å²) < 4.78 is 5.27. The summed E-state index contributed by atoms with van der Waals surface area (Å²) in [6.07, 6.45) is 0.798. The van der Waals surface area contributed by atoms with E-state index in [0.29, 0.717) is 6.54 Å². The SMILES string of the molecule is CC(C)(C)CC(C)(C)NC(=O)C(=O)NCCN1CCOCC1. The lowest BCUT2D eigenvalue weighted by molar-refractivity contribution is -0.140. The van der Waals surface area contributed by atoms with E-state index in [9.17, 15) is 9.59 Å². The first-order chi connectivity index (χ1) is 10.1. The number of morpholine rings is 1. The summed E-state index contributed by atoms with van der Waals surface area (Å²) in [5.74, 6) is -1.12. The van der Waals surface area contributed by atoms with Gasteiger partial charge < -0.3 is 15.4 Å². The number of ether oxygens (including phenoxy) is 1. The van der Waals surface area contributed by atoms with Gasteiger partial charge in [0.15, 0.2) is 0 Å². The van der Waals surface area contributed by atoms with Crippen molar-refractivity contribution in [2.24, 2.45) is 5.41 Å². The van der Waals surface area contributed by atoms with Crippen molar-refractivity contribution in [3.8, 4) is 0 Å². The van der Waals surface area contributed by atoms with Gasteiger partial charge in [0.1, 0.15) is 0 Å². The number of carbonyl (C=O) groups excluding carboxylic acids is 2. The number of carbonyl (C=O) groups is 2. The Balaban J connectivity index is 2.30. The third-order valence-corrected chi connectivity index (χ3v) is 3.45. The maximum absolute atomic E-state index is 12.0. The molecule has 0 aromatic heterocycles. The molecular weight excluding hydrogens is 282 g/mol. The van der Waals surface area contributed by atoms with E-state index in [1.807, 2.05) is 13.8 Å². The van der Waals surface area contributed by atoms with Crippen LogP contribution in [0.25, 0.3) is 0 Å². The molecule has 0 spiro atoms. The molecule has 1 aliphatic heterocycles. The maximum atomic E-state index is 12.0. The van der Waals surface area contributed by atoms with Crippen LogP contribution in [0.2, 0.25) is 0 Å². The number of hydrogen-bond acceptors (Lipinski definition) is 4. The minimum absolute atomic E-state index is 0.0869. The number of hydrogen-bond donors (Lipinski definition) is 2. The Morgan fingerprint density at radius 2 is 1.64 bits per heavy atom. The fourth-order valence-corrected chi connectivity index (χ4v) is 2.97. The molecule has 0 radical (unpaired) electrons. The van der Waals surface area contributed by atoms with Crippen molar-refractivity contribution in [1.29, 1.82) is 0 Å². The molecule has 6 nitrogen and oxygen atoms in total. The van der Waals surface area contributed by atoms with Crippen LogP contribution in [0.4, 0.5) is 0 Å². The molecule has 1 rings (SSSR count). The van der Waals surface area contributed by atoms with Crippen molar-refractivity contribution >= 4 is 11.8 Å². The average Bonchev–Trinajstić information content (AvgIpc) is 2.36. The summed E-state index contributed by atoms with van der Waals surface area (Å²) in [7, 11) is 0. The lowest BCUT2D eigenvalue weighted by atomic mass is 9.82. The van der Waals surface area contributed by atoms with Crippen LogP contribution in [0.5, 0.6) is 0 Å². The predicted octanol–water partition coefficient (Wildman–Crippen LogP) is 0.766. The van der Waals surface area contributed by atoms with Gasteiger partial charge in [-0.25, -0.2) is 0 Å². The average molecular weight is 313 g/mol. The van der Waals surface area contributed by atoms with Gasteiger partial charge in [-0.1, -0.05) is 20.8 Å². The molecule has 1 heterocycles. The van der Waals surface area contributed by atoms with Crippen LogP contribution in [-0.4, -0.2) is 61.6 Å². The number of rotatable bonds is 5. The topological polar surface area (TPSA) is 70.7 Å². The highest BCUT2D eigenvalue weighted by atomic mass is 16.5. The van der Waals surface area contributed by atoms with Crippen LogP contribution in [0, 0.1) is 5.41 Å². The lowest BCUT2D eigenvalue weighted by Crippen LogP contribution is -2.52. The summed E-state index contributed by atoms with van der Waals surface area (Å²) in [4.78, 5) is 26.0. The van der Waals surface area contributed by atoms with Gasteiger partial charge in [0.25, 0.3) is 0 Å². The highest BCUT2D eigenvalue weighted by Gasteiger charge is 2.29. The Hall–Kier alpha value is -1.14. The van der Waals surface area contributed by atoms with Crippen molar-refractivity contribution in [3.05, 3.63) is 0 Å². The smallest absolute Gasteiger partial charge is 0.309 e. The zero-order valence-corrected chi connectivity index (χ0v) is 14.6. The Kier molecular flexibility index (Phi) is 6.81. The van der Waals surface area contributed by atoms with Crippen LogP contribution in [-0.2, 0) is 14.3 Å². The van der Waals surface area contributed by atoms with Gasteiger partial charge in [0.2, 0.25) is 0 Å². The first kappa shape index (κ1) is 18.9. The van der Waals surface area contributed by atoms with Gasteiger partial charge in [-0.05, 0) is 25.7 Å². The van der Waals surface area contributed by atoms with Crippen molar-refractivity contribution in [2.75, 3.05) is 39.4 Å². The van der Waals surface area contributed by atoms with Gasteiger partial charge in [-0.2, -0.15) is 0 Å². The summed E-state index contributed by atoms with van der Waals surface area (Å²) in [6, 6.07) is 0. The summed E-state index contributed by atoms with van der Waals surface area (Å²) in [6.45, 7) is 14.7. The molecule has 0 aliphatic carbocycles. The Morgan fingerprint density at radius 1 is 1.05 bits per heavy atom. The van der Waals surface area contributed by atoms with E-state index < -0.39 is 17.4 Å². The largest absolute Gasteiger partial charge is 0.379 e. The van der Waals surface area contributed by atoms with Crippen molar-refractivity contribution < 1.29 is 14.3 Å². The van der Waals surface area contributed by atoms with Crippen molar-refractivity contribution in [2.45, 2.75) is 46.6 Å². The second-order valence-electron chi connectivity index (χ2n) is 7.79. The van der Waals surface area contributed by atoms with Crippen LogP contribution >= 0.6 is 0 Å². The van der Waals surface area contributed by atoms with E-state index in [-0.39, 0.29) is 5.41 Å². The Bertz CT molecular complexity index is 383. The molecule has 22 heavy (non-hydrogen) atoms. The van der Waals surface area contributed by atoms with Crippen LogP contribution in [0.15, 0.2) is 0 Å². The molecule has 0 saturated carbocycles. The van der Waals surface area contributed by atoms with E-state index in [2.05, 4.69) is 36.3 Å². The van der Waals surface area contributed by atoms with Gasteiger partial charge in [0.05, 0.1) is 13.2 Å². The maximum Gasteiger partial charge on any atom is 0.309 e. The molecule has 2 N–H and O–H groups in total. The molecular formula is C16H31N3O3. The quantitative estimate of drug-likeness (QED) is 0.736. The second-order valence-corrected chi connectivity index (χ2v) is 7.79. The second kappa shape index (κ2) is 7.92. The minimum Gasteiger partial charge on any atom is -0.379 e. The molecule has 0 bridgehead atoms. The minimum atomic E-state index is -0.560. The molecule has 0 atom stereocenters. The number of nitrogens with one attached hydrogen (secondary N) is 2. The van der Waals surface area contributed by atoms with Crippen molar-refractivity contribution in [1.82, 2.24) is 15.5 Å². The molecule has 0 aromatic carbocycles. The lowest BCUT2D eigenvalue weighted by Gasteiger charge is -2.33. The van der Waals surface area contributed by atoms with Gasteiger partial charge in [-0.3, -0.25) is 14.5 Å². The zero-order valence-electron chi connectivity index (χ0n) is 14.6. The van der Waals surface area contributed by atoms with Crippen LogP contribution in [0.1, 0.15) is 41.0 Å². The predicted molar refractivity (Wildman–Crippen MR) is 86.6 cm³/mol. The molecule has 1 saturated heterocycles. The first-order valence-electron chi connectivity index (χ1n) is 7.99. The number of nitrogens with zero attached hydrogens (tertiary/aromatic N) is 1. The highest BCUT2D eigenvalue weighted by Crippen LogP contribution is 2.26. The molecule has 1 fully saturated rings. The van der Waals surface area contributed by atoms with Crippen molar-refractivity contribution in [3.63, 3.8) is 0 Å². The van der Waals surface area contributed by atoms with E-state index in [1.54, 1.807) is 0 Å². The standard InChI is InChI=1S/C16H31N3O3/c1-15(2,3)12-16(4,5)18-14(21)13(20)17-6-7-19-8-10-22-11-9-19/h6-12H2,1-5H3,(H,17,20)(H,18,21). The Labute approximate surface area is 134 Å². The molecule has 2 amide bonds. The van der Waals surface area contributed by atoms with E-state index in [1.165, 1.54) is 0 Å². The summed E-state index contributed by atoms with van der Waals surface area (Å²) in [5.41, 5.74) is -0.319. The van der Waals surface area contributed by atoms with Gasteiger partial charge in [-0.15, -0.1) is 0 Å². The molecule has 6 heteroatoms. The van der Waals surface area contributed by atoms with Gasteiger partial charge in [0, 0.05) is 31.7 Å². The zero-order chi connectivity index (χ0) is 16.8. The van der Waals surface area contributed by atoms with Crippen LogP contribution in [0.3, 0.4) is 0 Å². The fraction of sp³-hybridized carbons (Fsp3) is 0.875. The molecule has 0 unspecified atom stereocenters. The highest BCUT2D eigenvalue weighted by molar-refractivity contribution is 6.35. The van der Waals surface area contributed by atoms with Crippen LogP contribution < -0.4 is 10.6 Å². The molecule has 1 aliphatic rings. The number of amides is 2. The summed E-state index contributed by atoms with van der Waals surface area (Å²) in [5, 5.41) is 5.50. The first-order valence-corrected chi connectivity index (χ1v) is 7.99. The van der Waals surface area contributed by atoms with Gasteiger partial charge >= 0.3 is 11.8 Å². The monoisotopic (exact) mass is 313 g/mol. The third-order valence-electron chi connectivity index (χ3n) is 3.45. The van der Waals surface area contributed by atoms with E-state index in [4.69, 9.17) is 4.74 Å². The summed E-state index contributed by atoms with van der Waals surface area (Å²) >= 11 is 0.